The van der Waals surface area contributed by atoms with Crippen molar-refractivity contribution >= 4 is 23.2 Å². The largest absolute Gasteiger partial charge is 0.363 e. The number of nitrogens with one attached hydrogen (secondary N) is 1. The molecule has 7 heteroatoms. The van der Waals surface area contributed by atoms with Crippen LogP contribution in [-0.2, 0) is 10.3 Å². The summed E-state index contributed by atoms with van der Waals surface area (Å²) in [6, 6.07) is 0. The lowest BCUT2D eigenvalue weighted by Crippen LogP contribution is -2.45. The third-order valence-corrected chi connectivity index (χ3v) is 3.20. The van der Waals surface area contributed by atoms with Gasteiger partial charge in [-0.3, -0.25) is 9.59 Å². The van der Waals surface area contributed by atoms with E-state index in [2.05, 4.69) is 10.4 Å². The van der Waals surface area contributed by atoms with Crippen LogP contribution in [0.3, 0.4) is 0 Å². The van der Waals surface area contributed by atoms with Gasteiger partial charge in [-0.15, -0.1) is 0 Å². The van der Waals surface area contributed by atoms with Crippen LogP contribution >= 0.6 is 11.6 Å². The molecule has 0 spiro atoms. The summed E-state index contributed by atoms with van der Waals surface area (Å²) < 4.78 is 1.34. The first-order valence-electron chi connectivity index (χ1n) is 7.13. The zero-order valence-corrected chi connectivity index (χ0v) is 15.1. The third kappa shape index (κ3) is 4.73. The van der Waals surface area contributed by atoms with Gasteiger partial charge in [0.25, 0.3) is 5.56 Å². The van der Waals surface area contributed by atoms with E-state index in [0.717, 1.165) is 0 Å². The van der Waals surface area contributed by atoms with Crippen molar-refractivity contribution in [2.24, 2.45) is 0 Å². The normalized spacial score (nSPS) is 12.2. The summed E-state index contributed by atoms with van der Waals surface area (Å²) in [5.41, 5.74) is -0.692. The zero-order chi connectivity index (χ0) is 17.3. The number of likely N-dealkylation sites (N-methyl/N-ethyl adjacent to an activating group) is 1. The fraction of sp³-hybridized carbons (Fsp3) is 0.667. The number of aromatic nitrogens is 2. The average molecular weight is 329 g/mol. The third-order valence-electron chi connectivity index (χ3n) is 2.84. The van der Waals surface area contributed by atoms with Gasteiger partial charge < -0.3 is 10.2 Å². The minimum Gasteiger partial charge on any atom is -0.363 e. The molecule has 0 unspecified atom stereocenters. The SMILES string of the molecule is CN(CC(=O)NC(C)(C)C)c1cnn(C(C)(C)C)c(=O)c1Cl. The highest BCUT2D eigenvalue weighted by molar-refractivity contribution is 6.33. The van der Waals surface area contributed by atoms with E-state index in [1.54, 1.807) is 11.9 Å². The second kappa shape index (κ2) is 6.28. The van der Waals surface area contributed by atoms with Crippen LogP contribution in [0.25, 0.3) is 0 Å². The van der Waals surface area contributed by atoms with Gasteiger partial charge in [0.1, 0.15) is 5.02 Å². The number of carbonyl (C=O) groups is 1. The molecule has 0 aliphatic rings. The van der Waals surface area contributed by atoms with Crippen LogP contribution in [-0.4, -0.2) is 34.8 Å². The summed E-state index contributed by atoms with van der Waals surface area (Å²) in [7, 11) is 1.70. The Bertz CT molecular complexity index is 611. The Balaban J connectivity index is 3.01. The second-order valence-corrected chi connectivity index (χ2v) is 7.76. The van der Waals surface area contributed by atoms with E-state index in [9.17, 15) is 9.59 Å². The van der Waals surface area contributed by atoms with Gasteiger partial charge in [-0.25, -0.2) is 4.68 Å². The summed E-state index contributed by atoms with van der Waals surface area (Å²) in [4.78, 5) is 25.9. The summed E-state index contributed by atoms with van der Waals surface area (Å²) in [5, 5.41) is 7.09. The van der Waals surface area contributed by atoms with Crippen molar-refractivity contribution in [3.8, 4) is 0 Å². The molecule has 0 aromatic carbocycles. The van der Waals surface area contributed by atoms with Gasteiger partial charge in [-0.2, -0.15) is 5.10 Å². The molecule has 0 atom stereocenters. The first-order valence-corrected chi connectivity index (χ1v) is 7.51. The van der Waals surface area contributed by atoms with Crippen molar-refractivity contribution in [2.45, 2.75) is 52.6 Å². The average Bonchev–Trinajstić information content (AvgIpc) is 2.27. The number of carbonyl (C=O) groups excluding carboxylic acids is 1. The number of nitrogens with zero attached hydrogens (tertiary/aromatic N) is 3. The van der Waals surface area contributed by atoms with Crippen molar-refractivity contribution in [2.75, 3.05) is 18.5 Å². The van der Waals surface area contributed by atoms with Crippen LogP contribution in [0.5, 0.6) is 0 Å². The molecular weight excluding hydrogens is 304 g/mol. The topological polar surface area (TPSA) is 67.2 Å². The molecule has 0 aliphatic heterocycles. The lowest BCUT2D eigenvalue weighted by atomic mass is 10.1. The van der Waals surface area contributed by atoms with Gasteiger partial charge in [0.2, 0.25) is 5.91 Å². The number of amides is 1. The van der Waals surface area contributed by atoms with Crippen molar-refractivity contribution in [3.05, 3.63) is 21.6 Å². The Labute approximate surface area is 136 Å². The van der Waals surface area contributed by atoms with Crippen molar-refractivity contribution < 1.29 is 4.79 Å². The molecule has 124 valence electrons. The molecule has 1 aromatic rings. The molecule has 1 aromatic heterocycles. The highest BCUT2D eigenvalue weighted by Crippen LogP contribution is 2.21. The Morgan fingerprint density at radius 2 is 1.86 bits per heavy atom. The summed E-state index contributed by atoms with van der Waals surface area (Å²) in [6.45, 7) is 11.4. The summed E-state index contributed by atoms with van der Waals surface area (Å²) in [6.07, 6.45) is 1.51. The molecule has 0 radical (unpaired) electrons. The van der Waals surface area contributed by atoms with Crippen molar-refractivity contribution in [1.82, 2.24) is 15.1 Å². The molecule has 0 fully saturated rings. The lowest BCUT2D eigenvalue weighted by molar-refractivity contribution is -0.121. The smallest absolute Gasteiger partial charge is 0.288 e. The van der Waals surface area contributed by atoms with Crippen LogP contribution < -0.4 is 15.8 Å². The molecule has 0 saturated carbocycles. The molecular formula is C15H25ClN4O2. The molecule has 6 nitrogen and oxygen atoms in total. The first kappa shape index (κ1) is 18.5. The fourth-order valence-corrected chi connectivity index (χ4v) is 2.20. The quantitative estimate of drug-likeness (QED) is 0.921. The maximum Gasteiger partial charge on any atom is 0.288 e. The van der Waals surface area contributed by atoms with E-state index in [4.69, 9.17) is 11.6 Å². The van der Waals surface area contributed by atoms with E-state index < -0.39 is 5.54 Å². The van der Waals surface area contributed by atoms with Gasteiger partial charge in [0.05, 0.1) is 24.0 Å². The Hall–Kier alpha value is -1.56. The summed E-state index contributed by atoms with van der Waals surface area (Å²) in [5.74, 6) is -0.147. The van der Waals surface area contributed by atoms with Crippen LogP contribution in [0.2, 0.25) is 5.02 Å². The fourth-order valence-electron chi connectivity index (χ4n) is 1.93. The van der Waals surface area contributed by atoms with Crippen LogP contribution in [0.4, 0.5) is 5.69 Å². The predicted molar refractivity (Wildman–Crippen MR) is 89.7 cm³/mol. The highest BCUT2D eigenvalue weighted by atomic mass is 35.5. The predicted octanol–water partition coefficient (Wildman–Crippen LogP) is 2.00. The molecule has 0 aliphatic carbocycles. The highest BCUT2D eigenvalue weighted by Gasteiger charge is 2.22. The maximum atomic E-state index is 12.3. The Kier molecular flexibility index (Phi) is 5.28. The van der Waals surface area contributed by atoms with Crippen molar-refractivity contribution in [1.29, 1.82) is 0 Å². The van der Waals surface area contributed by atoms with E-state index in [0.29, 0.717) is 5.69 Å². The van der Waals surface area contributed by atoms with E-state index in [-0.39, 0.29) is 28.6 Å². The standard InChI is InChI=1S/C15H25ClN4O2/c1-14(2,3)18-11(21)9-19(7)10-8-17-20(15(4,5)6)13(22)12(10)16/h8H,9H2,1-7H3,(H,18,21). The van der Waals surface area contributed by atoms with Crippen molar-refractivity contribution in [3.63, 3.8) is 0 Å². The maximum absolute atomic E-state index is 12.3. The van der Waals surface area contributed by atoms with Gasteiger partial charge in [0, 0.05) is 12.6 Å². The Morgan fingerprint density at radius 1 is 1.32 bits per heavy atom. The van der Waals surface area contributed by atoms with Crippen LogP contribution in [0.1, 0.15) is 41.5 Å². The molecule has 1 amide bonds. The minimum absolute atomic E-state index is 0.0657. The van der Waals surface area contributed by atoms with Crippen LogP contribution in [0, 0.1) is 0 Å². The molecule has 22 heavy (non-hydrogen) atoms. The molecule has 1 heterocycles. The van der Waals surface area contributed by atoms with Crippen LogP contribution in [0.15, 0.2) is 11.0 Å². The molecule has 1 rings (SSSR count). The number of hydrogen-bond acceptors (Lipinski definition) is 4. The van der Waals surface area contributed by atoms with Gasteiger partial charge in [-0.05, 0) is 41.5 Å². The lowest BCUT2D eigenvalue weighted by Gasteiger charge is -2.26. The zero-order valence-electron chi connectivity index (χ0n) is 14.3. The monoisotopic (exact) mass is 328 g/mol. The van der Waals surface area contributed by atoms with Gasteiger partial charge >= 0.3 is 0 Å². The molecule has 0 bridgehead atoms. The second-order valence-electron chi connectivity index (χ2n) is 7.39. The first-order chi connectivity index (χ1) is 9.83. The Morgan fingerprint density at radius 3 is 2.32 bits per heavy atom. The number of hydrogen-bond donors (Lipinski definition) is 1. The number of anilines is 1. The van der Waals surface area contributed by atoms with E-state index in [1.807, 2.05) is 41.5 Å². The number of halogens is 1. The summed E-state index contributed by atoms with van der Waals surface area (Å²) >= 11 is 6.17. The molecule has 1 N–H and O–H groups in total. The minimum atomic E-state index is -0.457. The van der Waals surface area contributed by atoms with Gasteiger partial charge in [-0.1, -0.05) is 11.6 Å². The van der Waals surface area contributed by atoms with E-state index >= 15 is 0 Å². The van der Waals surface area contributed by atoms with E-state index in [1.165, 1.54) is 10.9 Å². The molecule has 0 saturated heterocycles. The number of rotatable bonds is 3. The van der Waals surface area contributed by atoms with Gasteiger partial charge in [0.15, 0.2) is 0 Å².